The maximum atomic E-state index is 12.4. The lowest BCUT2D eigenvalue weighted by Gasteiger charge is -2.34. The Hall–Kier alpha value is -1.38. The summed E-state index contributed by atoms with van der Waals surface area (Å²) in [5.41, 5.74) is -0.0683. The van der Waals surface area contributed by atoms with Gasteiger partial charge in [0, 0.05) is 12.6 Å². The molecule has 0 amide bonds. The number of ether oxygens (including phenoxy) is 1. The minimum absolute atomic E-state index is 0.0227. The lowest BCUT2D eigenvalue weighted by molar-refractivity contribution is 0.0563. The summed E-state index contributed by atoms with van der Waals surface area (Å²) in [4.78, 5) is 11.4. The number of nitrogens with one attached hydrogen (secondary N) is 2. The molecular formula is C14H22N2O5S. The first-order valence-corrected chi connectivity index (χ1v) is 8.65. The zero-order chi connectivity index (χ0) is 16.4. The van der Waals surface area contributed by atoms with E-state index in [0.29, 0.717) is 6.54 Å². The molecule has 7 nitrogen and oxygen atoms in total. The minimum Gasteiger partial charge on any atom is -0.463 e. The van der Waals surface area contributed by atoms with Gasteiger partial charge in [-0.2, -0.15) is 0 Å². The smallest absolute Gasteiger partial charge is 0.373 e. The van der Waals surface area contributed by atoms with Gasteiger partial charge in [0.05, 0.1) is 7.11 Å². The number of rotatable bonds is 5. The summed E-state index contributed by atoms with van der Waals surface area (Å²) in [6, 6.07) is 1.20. The van der Waals surface area contributed by atoms with E-state index < -0.39 is 16.0 Å². The van der Waals surface area contributed by atoms with Crippen molar-refractivity contribution in [3.8, 4) is 0 Å². The zero-order valence-corrected chi connectivity index (χ0v) is 13.9. The summed E-state index contributed by atoms with van der Waals surface area (Å²) in [6.07, 6.45) is 1.82. The molecule has 0 spiro atoms. The van der Waals surface area contributed by atoms with Crippen molar-refractivity contribution in [2.75, 3.05) is 26.7 Å². The summed E-state index contributed by atoms with van der Waals surface area (Å²) in [5, 5.41) is 3.26. The van der Waals surface area contributed by atoms with E-state index in [4.69, 9.17) is 4.42 Å². The second-order valence-electron chi connectivity index (χ2n) is 5.91. The topological polar surface area (TPSA) is 97.6 Å². The number of methoxy groups -OCH3 is 1. The van der Waals surface area contributed by atoms with Gasteiger partial charge in [-0.3, -0.25) is 0 Å². The SMILES string of the molecule is COC(=O)c1cc(S(=O)(=O)NCC2(C)CCNCC2)c(C)o1. The first kappa shape index (κ1) is 17.0. The van der Waals surface area contributed by atoms with Crippen LogP contribution in [0.15, 0.2) is 15.4 Å². The second-order valence-corrected chi connectivity index (χ2v) is 7.64. The molecule has 0 radical (unpaired) electrons. The maximum Gasteiger partial charge on any atom is 0.373 e. The van der Waals surface area contributed by atoms with Crippen LogP contribution in [0.25, 0.3) is 0 Å². The van der Waals surface area contributed by atoms with E-state index in [2.05, 4.69) is 21.7 Å². The van der Waals surface area contributed by atoms with Crippen LogP contribution in [0.1, 0.15) is 36.1 Å². The number of sulfonamides is 1. The van der Waals surface area contributed by atoms with E-state index in [1.54, 1.807) is 0 Å². The van der Waals surface area contributed by atoms with Crippen molar-refractivity contribution in [3.05, 3.63) is 17.6 Å². The molecule has 8 heteroatoms. The number of hydrogen-bond acceptors (Lipinski definition) is 6. The van der Waals surface area contributed by atoms with Crippen LogP contribution in [0, 0.1) is 12.3 Å². The normalized spacial score (nSPS) is 18.1. The van der Waals surface area contributed by atoms with Crippen LogP contribution in [0.5, 0.6) is 0 Å². The summed E-state index contributed by atoms with van der Waals surface area (Å²) in [5.74, 6) is -0.647. The van der Waals surface area contributed by atoms with Crippen molar-refractivity contribution in [1.82, 2.24) is 10.0 Å². The second kappa shape index (κ2) is 6.39. The van der Waals surface area contributed by atoms with Crippen molar-refractivity contribution in [3.63, 3.8) is 0 Å². The summed E-state index contributed by atoms with van der Waals surface area (Å²) in [6.45, 7) is 5.70. The van der Waals surface area contributed by atoms with Crippen molar-refractivity contribution in [2.45, 2.75) is 31.6 Å². The first-order valence-electron chi connectivity index (χ1n) is 7.16. The lowest BCUT2D eigenvalue weighted by atomic mass is 9.81. The number of esters is 1. The van der Waals surface area contributed by atoms with Gasteiger partial charge in [-0.15, -0.1) is 0 Å². The van der Waals surface area contributed by atoms with Gasteiger partial charge in [-0.05, 0) is 38.3 Å². The van der Waals surface area contributed by atoms with Gasteiger partial charge in [0.15, 0.2) is 0 Å². The number of carbonyl (C=O) groups excluding carboxylic acids is 1. The highest BCUT2D eigenvalue weighted by Crippen LogP contribution is 2.28. The van der Waals surface area contributed by atoms with Crippen molar-refractivity contribution >= 4 is 16.0 Å². The minimum atomic E-state index is -3.72. The quantitative estimate of drug-likeness (QED) is 0.783. The van der Waals surface area contributed by atoms with Gasteiger partial charge in [-0.1, -0.05) is 6.92 Å². The van der Waals surface area contributed by atoms with Gasteiger partial charge in [0.25, 0.3) is 0 Å². The van der Waals surface area contributed by atoms with E-state index in [1.807, 2.05) is 0 Å². The average molecular weight is 330 g/mol. The number of aryl methyl sites for hydroxylation is 1. The van der Waals surface area contributed by atoms with Gasteiger partial charge in [0.2, 0.25) is 15.8 Å². The summed E-state index contributed by atoms with van der Waals surface area (Å²) < 4.78 is 37.2. The number of piperidine rings is 1. The zero-order valence-electron chi connectivity index (χ0n) is 13.1. The van der Waals surface area contributed by atoms with Crippen LogP contribution in [0.3, 0.4) is 0 Å². The Morgan fingerprint density at radius 2 is 2.09 bits per heavy atom. The molecule has 1 saturated heterocycles. The summed E-state index contributed by atoms with van der Waals surface area (Å²) >= 11 is 0. The third-order valence-corrected chi connectivity index (χ3v) is 5.56. The van der Waals surface area contributed by atoms with E-state index in [9.17, 15) is 13.2 Å². The molecule has 1 aromatic rings. The molecular weight excluding hydrogens is 308 g/mol. The van der Waals surface area contributed by atoms with E-state index in [0.717, 1.165) is 25.9 Å². The standard InChI is InChI=1S/C14H22N2O5S/c1-10-12(8-11(21-10)13(17)20-3)22(18,19)16-9-14(2)4-6-15-7-5-14/h8,15-16H,4-7,9H2,1-3H3. The molecule has 1 fully saturated rings. The Morgan fingerprint density at radius 3 is 2.68 bits per heavy atom. The molecule has 0 aliphatic carbocycles. The highest BCUT2D eigenvalue weighted by molar-refractivity contribution is 7.89. The molecule has 0 atom stereocenters. The van der Waals surface area contributed by atoms with Crippen LogP contribution in [0.2, 0.25) is 0 Å². The Bertz CT molecular complexity index is 644. The van der Waals surface area contributed by atoms with E-state index >= 15 is 0 Å². The predicted molar refractivity (Wildman–Crippen MR) is 80.2 cm³/mol. The molecule has 0 aromatic carbocycles. The molecule has 22 heavy (non-hydrogen) atoms. The molecule has 2 rings (SSSR count). The molecule has 0 saturated carbocycles. The monoisotopic (exact) mass is 330 g/mol. The van der Waals surface area contributed by atoms with Crippen LogP contribution in [-0.4, -0.2) is 41.1 Å². The largest absolute Gasteiger partial charge is 0.463 e. The van der Waals surface area contributed by atoms with Crippen LogP contribution >= 0.6 is 0 Å². The molecule has 124 valence electrons. The maximum absolute atomic E-state index is 12.4. The van der Waals surface area contributed by atoms with Gasteiger partial charge in [-0.25, -0.2) is 17.9 Å². The fourth-order valence-electron chi connectivity index (χ4n) is 2.49. The fraction of sp³-hybridized carbons (Fsp3) is 0.643. The predicted octanol–water partition coefficient (Wildman–Crippen LogP) is 1.04. The van der Waals surface area contributed by atoms with E-state index in [-0.39, 0.29) is 21.8 Å². The van der Waals surface area contributed by atoms with Gasteiger partial charge in [0.1, 0.15) is 10.7 Å². The van der Waals surface area contributed by atoms with Crippen molar-refractivity contribution < 1.29 is 22.4 Å². The molecule has 1 aliphatic rings. The molecule has 2 heterocycles. The Labute approximate surface area is 130 Å². The third kappa shape index (κ3) is 3.68. The van der Waals surface area contributed by atoms with E-state index in [1.165, 1.54) is 20.1 Å². The Morgan fingerprint density at radius 1 is 1.45 bits per heavy atom. The van der Waals surface area contributed by atoms with Gasteiger partial charge < -0.3 is 14.5 Å². The molecule has 2 N–H and O–H groups in total. The van der Waals surface area contributed by atoms with Crippen molar-refractivity contribution in [2.24, 2.45) is 5.41 Å². The van der Waals surface area contributed by atoms with Crippen LogP contribution < -0.4 is 10.0 Å². The lowest BCUT2D eigenvalue weighted by Crippen LogP contribution is -2.42. The third-order valence-electron chi connectivity index (χ3n) is 4.05. The van der Waals surface area contributed by atoms with Crippen LogP contribution in [0.4, 0.5) is 0 Å². The average Bonchev–Trinajstić information content (AvgIpc) is 2.88. The number of furan rings is 1. The number of hydrogen-bond donors (Lipinski definition) is 2. The highest BCUT2D eigenvalue weighted by atomic mass is 32.2. The molecule has 1 aliphatic heterocycles. The highest BCUT2D eigenvalue weighted by Gasteiger charge is 2.30. The first-order chi connectivity index (χ1) is 10.3. The Balaban J connectivity index is 2.13. The van der Waals surface area contributed by atoms with Crippen LogP contribution in [-0.2, 0) is 14.8 Å². The Kier molecular flexibility index (Phi) is 4.93. The van der Waals surface area contributed by atoms with Gasteiger partial charge >= 0.3 is 5.97 Å². The number of carbonyl (C=O) groups is 1. The van der Waals surface area contributed by atoms with Crippen molar-refractivity contribution in [1.29, 1.82) is 0 Å². The fourth-order valence-corrected chi connectivity index (χ4v) is 3.86. The molecule has 1 aromatic heterocycles. The molecule has 0 bridgehead atoms. The summed E-state index contributed by atoms with van der Waals surface area (Å²) in [7, 11) is -2.51. The molecule has 0 unspecified atom stereocenters.